The molecule has 2 heterocycles. The molecule has 0 fully saturated rings. The maximum absolute atomic E-state index is 12.7. The smallest absolute Gasteiger partial charge is 0.272 e. The molecule has 0 aliphatic rings. The minimum absolute atomic E-state index is 0.174. The van der Waals surface area contributed by atoms with E-state index in [9.17, 15) is 9.90 Å². The zero-order valence-electron chi connectivity index (χ0n) is 15.7. The van der Waals surface area contributed by atoms with Crippen molar-refractivity contribution in [3.8, 4) is 0 Å². The number of rotatable bonds is 5. The molecule has 2 N–H and O–H groups in total. The molecule has 1 amide bonds. The Morgan fingerprint density at radius 1 is 1.18 bits per heavy atom. The number of carbonyl (C=O) groups is 1. The summed E-state index contributed by atoms with van der Waals surface area (Å²) in [5, 5.41) is 18.3. The Bertz CT molecular complexity index is 1110. The molecule has 2 aromatic carbocycles. The van der Waals surface area contributed by atoms with Gasteiger partial charge in [0.1, 0.15) is 18.3 Å². The normalized spacial score (nSPS) is 12.2. The number of carbonyl (C=O) groups excluding carboxylic acids is 1. The molecule has 2 aromatic heterocycles. The molecule has 1 atom stereocenters. The molecule has 28 heavy (non-hydrogen) atoms. The van der Waals surface area contributed by atoms with Crippen LogP contribution in [0.4, 0.5) is 5.69 Å². The molecule has 0 radical (unpaired) electrons. The lowest BCUT2D eigenvalue weighted by molar-refractivity contribution is 0.101. The summed E-state index contributed by atoms with van der Waals surface area (Å²) in [5.41, 5.74) is 4.18. The standard InChI is InChI=1S/C21H21N5O2/c1-14-3-8-18-16(9-14)10-19(25(18)2)21(28)24-17-6-4-15(5-7-17)20(27)11-26-13-22-12-23-26/h3-10,12-13,20,27H,11H2,1-2H3,(H,24,28). The Morgan fingerprint density at radius 2 is 1.96 bits per heavy atom. The van der Waals surface area contributed by atoms with Gasteiger partial charge in [-0.3, -0.25) is 9.48 Å². The first-order chi connectivity index (χ1) is 13.5. The zero-order valence-corrected chi connectivity index (χ0v) is 15.7. The Kier molecular flexibility index (Phi) is 4.67. The molecular formula is C21H21N5O2. The van der Waals surface area contributed by atoms with Gasteiger partial charge in [0.05, 0.1) is 12.6 Å². The van der Waals surface area contributed by atoms with E-state index in [1.54, 1.807) is 35.3 Å². The molecule has 4 rings (SSSR count). The number of anilines is 1. The highest BCUT2D eigenvalue weighted by Gasteiger charge is 2.14. The largest absolute Gasteiger partial charge is 0.386 e. The second kappa shape index (κ2) is 7.28. The van der Waals surface area contributed by atoms with Crippen LogP contribution in [0.15, 0.2) is 61.2 Å². The average molecular weight is 375 g/mol. The van der Waals surface area contributed by atoms with Gasteiger partial charge in [-0.05, 0) is 42.8 Å². The van der Waals surface area contributed by atoms with Crippen LogP contribution in [0.5, 0.6) is 0 Å². The highest BCUT2D eigenvalue weighted by atomic mass is 16.3. The van der Waals surface area contributed by atoms with Gasteiger partial charge in [0, 0.05) is 23.6 Å². The van der Waals surface area contributed by atoms with Crippen molar-refractivity contribution in [3.63, 3.8) is 0 Å². The predicted octanol–water partition coefficient (Wildman–Crippen LogP) is 3.06. The number of fused-ring (bicyclic) bond motifs is 1. The first-order valence-corrected chi connectivity index (χ1v) is 8.99. The van der Waals surface area contributed by atoms with Crippen LogP contribution in [0.25, 0.3) is 10.9 Å². The fourth-order valence-corrected chi connectivity index (χ4v) is 3.28. The fraction of sp³-hybridized carbons (Fsp3) is 0.190. The van der Waals surface area contributed by atoms with Gasteiger partial charge in [-0.25, -0.2) is 4.98 Å². The van der Waals surface area contributed by atoms with Crippen molar-refractivity contribution in [2.75, 3.05) is 5.32 Å². The second-order valence-corrected chi connectivity index (χ2v) is 6.86. The molecule has 0 saturated heterocycles. The van der Waals surface area contributed by atoms with Gasteiger partial charge in [-0.1, -0.05) is 23.8 Å². The molecule has 7 nitrogen and oxygen atoms in total. The summed E-state index contributed by atoms with van der Waals surface area (Å²) in [7, 11) is 1.89. The van der Waals surface area contributed by atoms with Gasteiger partial charge in [0.15, 0.2) is 0 Å². The van der Waals surface area contributed by atoms with Crippen LogP contribution in [0, 0.1) is 6.92 Å². The Morgan fingerprint density at radius 3 is 2.68 bits per heavy atom. The summed E-state index contributed by atoms with van der Waals surface area (Å²) in [6.45, 7) is 2.35. The number of aliphatic hydroxyl groups excluding tert-OH is 1. The zero-order chi connectivity index (χ0) is 19.7. The summed E-state index contributed by atoms with van der Waals surface area (Å²) in [6.07, 6.45) is 2.29. The maximum Gasteiger partial charge on any atom is 0.272 e. The van der Waals surface area contributed by atoms with Gasteiger partial charge >= 0.3 is 0 Å². The molecule has 0 bridgehead atoms. The summed E-state index contributed by atoms with van der Waals surface area (Å²) in [5.74, 6) is -0.174. The van der Waals surface area contributed by atoms with Crippen molar-refractivity contribution in [2.45, 2.75) is 19.6 Å². The number of hydrogen-bond acceptors (Lipinski definition) is 4. The highest BCUT2D eigenvalue weighted by molar-refractivity contribution is 6.06. The Labute approximate surface area is 162 Å². The number of nitrogens with zero attached hydrogens (tertiary/aromatic N) is 4. The first-order valence-electron chi connectivity index (χ1n) is 8.99. The number of aromatic nitrogens is 4. The third-order valence-electron chi connectivity index (χ3n) is 4.81. The van der Waals surface area contributed by atoms with Gasteiger partial charge < -0.3 is 15.0 Å². The molecule has 0 aliphatic heterocycles. The first kappa shape index (κ1) is 17.9. The molecule has 142 valence electrons. The number of benzene rings is 2. The number of aliphatic hydroxyl groups is 1. The van der Waals surface area contributed by atoms with E-state index in [1.165, 1.54) is 6.33 Å². The third-order valence-corrected chi connectivity index (χ3v) is 4.81. The van der Waals surface area contributed by atoms with Crippen molar-refractivity contribution in [1.29, 1.82) is 0 Å². The molecule has 0 spiro atoms. The molecule has 1 unspecified atom stereocenters. The van der Waals surface area contributed by atoms with E-state index in [1.807, 2.05) is 36.7 Å². The highest BCUT2D eigenvalue weighted by Crippen LogP contribution is 2.22. The summed E-state index contributed by atoms with van der Waals surface area (Å²) < 4.78 is 3.46. The van der Waals surface area contributed by atoms with Gasteiger partial charge in [0.25, 0.3) is 5.91 Å². The lowest BCUT2D eigenvalue weighted by atomic mass is 10.1. The average Bonchev–Trinajstić information content (AvgIpc) is 3.30. The number of aryl methyl sites for hydroxylation is 2. The van der Waals surface area contributed by atoms with E-state index in [0.717, 1.165) is 22.0 Å². The van der Waals surface area contributed by atoms with E-state index >= 15 is 0 Å². The van der Waals surface area contributed by atoms with Crippen molar-refractivity contribution in [1.82, 2.24) is 19.3 Å². The quantitative estimate of drug-likeness (QED) is 0.561. The van der Waals surface area contributed by atoms with Crippen LogP contribution in [-0.2, 0) is 13.6 Å². The van der Waals surface area contributed by atoms with Crippen LogP contribution in [-0.4, -0.2) is 30.3 Å². The van der Waals surface area contributed by atoms with Gasteiger partial charge in [0.2, 0.25) is 0 Å². The number of hydrogen-bond donors (Lipinski definition) is 2. The Hall–Kier alpha value is -3.45. The van der Waals surface area contributed by atoms with Crippen LogP contribution in [0.3, 0.4) is 0 Å². The molecule has 7 heteroatoms. The minimum Gasteiger partial charge on any atom is -0.386 e. The maximum atomic E-state index is 12.7. The summed E-state index contributed by atoms with van der Waals surface area (Å²) >= 11 is 0. The van der Waals surface area contributed by atoms with Crippen molar-refractivity contribution >= 4 is 22.5 Å². The summed E-state index contributed by atoms with van der Waals surface area (Å²) in [4.78, 5) is 16.6. The molecular weight excluding hydrogens is 354 g/mol. The summed E-state index contributed by atoms with van der Waals surface area (Å²) in [6, 6.07) is 15.2. The van der Waals surface area contributed by atoms with E-state index < -0.39 is 6.10 Å². The SMILES string of the molecule is Cc1ccc2c(c1)cc(C(=O)Nc1ccc(C(O)Cn3cncn3)cc1)n2C. The lowest BCUT2D eigenvalue weighted by Crippen LogP contribution is -2.15. The fourth-order valence-electron chi connectivity index (χ4n) is 3.28. The van der Waals surface area contributed by atoms with E-state index in [2.05, 4.69) is 21.5 Å². The third kappa shape index (κ3) is 3.52. The monoisotopic (exact) mass is 375 g/mol. The molecule has 0 aliphatic carbocycles. The molecule has 4 aromatic rings. The van der Waals surface area contributed by atoms with Crippen LogP contribution in [0.2, 0.25) is 0 Å². The van der Waals surface area contributed by atoms with Crippen LogP contribution < -0.4 is 5.32 Å². The topological polar surface area (TPSA) is 85.0 Å². The van der Waals surface area contributed by atoms with Crippen LogP contribution >= 0.6 is 0 Å². The van der Waals surface area contributed by atoms with E-state index in [-0.39, 0.29) is 5.91 Å². The van der Waals surface area contributed by atoms with Crippen molar-refractivity contribution in [3.05, 3.63) is 78.0 Å². The second-order valence-electron chi connectivity index (χ2n) is 6.86. The lowest BCUT2D eigenvalue weighted by Gasteiger charge is -2.12. The van der Waals surface area contributed by atoms with Gasteiger partial charge in [-0.2, -0.15) is 5.10 Å². The van der Waals surface area contributed by atoms with Crippen molar-refractivity contribution in [2.24, 2.45) is 7.05 Å². The minimum atomic E-state index is -0.701. The number of amides is 1. The van der Waals surface area contributed by atoms with Gasteiger partial charge in [-0.15, -0.1) is 0 Å². The van der Waals surface area contributed by atoms with Crippen LogP contribution in [0.1, 0.15) is 27.7 Å². The van der Waals surface area contributed by atoms with E-state index in [4.69, 9.17) is 0 Å². The number of nitrogens with one attached hydrogen (secondary N) is 1. The van der Waals surface area contributed by atoms with Crippen molar-refractivity contribution < 1.29 is 9.90 Å². The Balaban J connectivity index is 1.48. The molecule has 0 saturated carbocycles. The predicted molar refractivity (Wildman–Crippen MR) is 107 cm³/mol. The van der Waals surface area contributed by atoms with E-state index in [0.29, 0.717) is 17.9 Å².